The molecular formula is C19H21NO3. The third kappa shape index (κ3) is 4.19. The van der Waals surface area contributed by atoms with E-state index in [2.05, 4.69) is 61.6 Å². The Balaban J connectivity index is 0.000000595. The fraction of sp³-hybridized carbons (Fsp3) is 0.263. The van der Waals surface area contributed by atoms with Crippen LogP contribution in [0.5, 0.6) is 0 Å². The van der Waals surface area contributed by atoms with E-state index in [1.165, 1.54) is 27.8 Å². The van der Waals surface area contributed by atoms with Crippen molar-refractivity contribution >= 4 is 12.4 Å². The SMILES string of the molecule is Cc1ccc(-c2ccc(C3CNC(=O)C3)cc2)cc1C.O=CO. The minimum Gasteiger partial charge on any atom is -0.483 e. The van der Waals surface area contributed by atoms with E-state index in [1.807, 2.05) is 0 Å². The molecule has 1 unspecified atom stereocenters. The normalized spacial score (nSPS) is 16.3. The molecule has 3 rings (SSSR count). The standard InChI is InChI=1S/C18H19NO.CH2O2/c1-12-3-4-16(9-13(12)2)14-5-7-15(8-6-14)17-10-18(20)19-11-17;2-1-3/h3-9,17H,10-11H2,1-2H3,(H,19,20);1H,(H,2,3). The lowest BCUT2D eigenvalue weighted by atomic mass is 9.94. The lowest BCUT2D eigenvalue weighted by Gasteiger charge is -2.10. The van der Waals surface area contributed by atoms with Crippen LogP contribution in [-0.4, -0.2) is 24.0 Å². The molecule has 23 heavy (non-hydrogen) atoms. The summed E-state index contributed by atoms with van der Waals surface area (Å²) in [5, 5.41) is 9.78. The Labute approximate surface area is 136 Å². The third-order valence-electron chi connectivity index (χ3n) is 4.20. The number of carboxylic acid groups (broad SMARTS) is 1. The maximum Gasteiger partial charge on any atom is 0.290 e. The largest absolute Gasteiger partial charge is 0.483 e. The van der Waals surface area contributed by atoms with E-state index in [4.69, 9.17) is 9.90 Å². The maximum atomic E-state index is 11.3. The fourth-order valence-electron chi connectivity index (χ4n) is 2.71. The lowest BCUT2D eigenvalue weighted by molar-refractivity contribution is -0.123. The number of carbonyl (C=O) groups is 2. The zero-order valence-electron chi connectivity index (χ0n) is 13.4. The molecule has 1 fully saturated rings. The summed E-state index contributed by atoms with van der Waals surface area (Å²) in [5.74, 6) is 0.490. The van der Waals surface area contributed by atoms with E-state index in [0.717, 1.165) is 6.54 Å². The molecule has 1 aliphatic rings. The molecule has 1 amide bonds. The molecule has 120 valence electrons. The molecule has 2 aromatic rings. The first kappa shape index (κ1) is 16.7. The Kier molecular flexibility index (Phi) is 5.52. The van der Waals surface area contributed by atoms with Crippen LogP contribution in [0.15, 0.2) is 42.5 Å². The fourth-order valence-corrected chi connectivity index (χ4v) is 2.71. The van der Waals surface area contributed by atoms with Crippen LogP contribution >= 0.6 is 0 Å². The van der Waals surface area contributed by atoms with Crippen molar-refractivity contribution in [1.82, 2.24) is 5.32 Å². The zero-order valence-corrected chi connectivity index (χ0v) is 13.4. The minimum atomic E-state index is -0.250. The quantitative estimate of drug-likeness (QED) is 0.837. The zero-order chi connectivity index (χ0) is 16.8. The van der Waals surface area contributed by atoms with Gasteiger partial charge in [-0.2, -0.15) is 0 Å². The van der Waals surface area contributed by atoms with Crippen molar-refractivity contribution in [3.63, 3.8) is 0 Å². The summed E-state index contributed by atoms with van der Waals surface area (Å²) >= 11 is 0. The predicted molar refractivity (Wildman–Crippen MR) is 90.4 cm³/mol. The summed E-state index contributed by atoms with van der Waals surface area (Å²) in [6, 6.07) is 15.2. The van der Waals surface area contributed by atoms with Crippen LogP contribution in [0.1, 0.15) is 29.0 Å². The second-order valence-electron chi connectivity index (χ2n) is 5.73. The highest BCUT2D eigenvalue weighted by molar-refractivity contribution is 5.79. The second kappa shape index (κ2) is 7.58. The van der Waals surface area contributed by atoms with Crippen molar-refractivity contribution in [3.8, 4) is 11.1 Å². The van der Waals surface area contributed by atoms with Gasteiger partial charge in [0.05, 0.1) is 0 Å². The Morgan fingerprint density at radius 3 is 2.17 bits per heavy atom. The first-order valence-electron chi connectivity index (χ1n) is 7.57. The van der Waals surface area contributed by atoms with Gasteiger partial charge in [-0.1, -0.05) is 42.5 Å². The molecule has 4 heteroatoms. The van der Waals surface area contributed by atoms with Crippen LogP contribution in [0.3, 0.4) is 0 Å². The Morgan fingerprint density at radius 1 is 1.04 bits per heavy atom. The molecule has 0 aliphatic carbocycles. The number of nitrogens with one attached hydrogen (secondary N) is 1. The summed E-state index contributed by atoms with van der Waals surface area (Å²) < 4.78 is 0. The summed E-state index contributed by atoms with van der Waals surface area (Å²) in [5.41, 5.74) is 6.36. The first-order valence-corrected chi connectivity index (χ1v) is 7.57. The highest BCUT2D eigenvalue weighted by atomic mass is 16.3. The van der Waals surface area contributed by atoms with E-state index in [9.17, 15) is 4.79 Å². The molecular weight excluding hydrogens is 290 g/mol. The lowest BCUT2D eigenvalue weighted by Crippen LogP contribution is -2.13. The number of hydrogen-bond acceptors (Lipinski definition) is 2. The number of benzene rings is 2. The maximum absolute atomic E-state index is 11.3. The number of carbonyl (C=O) groups excluding carboxylic acids is 1. The molecule has 4 nitrogen and oxygen atoms in total. The highest BCUT2D eigenvalue weighted by Gasteiger charge is 2.22. The van der Waals surface area contributed by atoms with E-state index in [1.54, 1.807) is 0 Å². The topological polar surface area (TPSA) is 66.4 Å². The van der Waals surface area contributed by atoms with Gasteiger partial charge in [-0.25, -0.2) is 0 Å². The molecule has 1 heterocycles. The first-order chi connectivity index (χ1) is 11.0. The van der Waals surface area contributed by atoms with Crippen molar-refractivity contribution in [1.29, 1.82) is 0 Å². The van der Waals surface area contributed by atoms with Crippen LogP contribution in [0.25, 0.3) is 11.1 Å². The van der Waals surface area contributed by atoms with Gasteiger partial charge >= 0.3 is 0 Å². The van der Waals surface area contributed by atoms with Crippen molar-refractivity contribution in [2.24, 2.45) is 0 Å². The van der Waals surface area contributed by atoms with Crippen molar-refractivity contribution in [2.45, 2.75) is 26.2 Å². The van der Waals surface area contributed by atoms with Gasteiger partial charge < -0.3 is 10.4 Å². The molecule has 1 aliphatic heterocycles. The van der Waals surface area contributed by atoms with Crippen LogP contribution in [0.2, 0.25) is 0 Å². The minimum absolute atomic E-state index is 0.160. The van der Waals surface area contributed by atoms with E-state index < -0.39 is 0 Å². The van der Waals surface area contributed by atoms with Gasteiger partial charge in [-0.3, -0.25) is 9.59 Å². The molecule has 0 spiro atoms. The van der Waals surface area contributed by atoms with Crippen LogP contribution in [0.4, 0.5) is 0 Å². The molecule has 1 atom stereocenters. The molecule has 2 N–H and O–H groups in total. The Bertz CT molecular complexity index is 692. The number of aryl methyl sites for hydroxylation is 2. The third-order valence-corrected chi connectivity index (χ3v) is 4.20. The average Bonchev–Trinajstić information content (AvgIpc) is 2.98. The van der Waals surface area contributed by atoms with Gasteiger partial charge in [0.25, 0.3) is 6.47 Å². The molecule has 0 bridgehead atoms. The van der Waals surface area contributed by atoms with Crippen LogP contribution in [-0.2, 0) is 9.59 Å². The average molecular weight is 311 g/mol. The summed E-state index contributed by atoms with van der Waals surface area (Å²) in [6.07, 6.45) is 0.614. The number of hydrogen-bond donors (Lipinski definition) is 2. The van der Waals surface area contributed by atoms with Crippen molar-refractivity contribution in [2.75, 3.05) is 6.54 Å². The van der Waals surface area contributed by atoms with E-state index in [-0.39, 0.29) is 12.4 Å². The van der Waals surface area contributed by atoms with E-state index >= 15 is 0 Å². The Hall–Kier alpha value is -2.62. The van der Waals surface area contributed by atoms with Gasteiger partial charge in [0.15, 0.2) is 0 Å². The smallest absolute Gasteiger partial charge is 0.290 e. The van der Waals surface area contributed by atoms with Gasteiger partial charge in [-0.05, 0) is 41.7 Å². The van der Waals surface area contributed by atoms with E-state index in [0.29, 0.717) is 12.3 Å². The summed E-state index contributed by atoms with van der Waals surface area (Å²) in [7, 11) is 0. The molecule has 1 saturated heterocycles. The van der Waals surface area contributed by atoms with Crippen LogP contribution < -0.4 is 5.32 Å². The number of rotatable bonds is 2. The monoisotopic (exact) mass is 311 g/mol. The Morgan fingerprint density at radius 2 is 1.65 bits per heavy atom. The second-order valence-corrected chi connectivity index (χ2v) is 5.73. The molecule has 0 radical (unpaired) electrons. The molecule has 2 aromatic carbocycles. The summed E-state index contributed by atoms with van der Waals surface area (Å²) in [4.78, 5) is 19.6. The summed E-state index contributed by atoms with van der Waals surface area (Å²) in [6.45, 7) is 4.79. The van der Waals surface area contributed by atoms with Crippen molar-refractivity contribution < 1.29 is 14.7 Å². The number of amides is 1. The predicted octanol–water partition coefficient (Wildman–Crippen LogP) is 3.27. The van der Waals surface area contributed by atoms with Gasteiger partial charge in [-0.15, -0.1) is 0 Å². The highest BCUT2D eigenvalue weighted by Crippen LogP contribution is 2.27. The van der Waals surface area contributed by atoms with Gasteiger partial charge in [0.1, 0.15) is 0 Å². The van der Waals surface area contributed by atoms with Gasteiger partial charge in [0, 0.05) is 18.9 Å². The van der Waals surface area contributed by atoms with Gasteiger partial charge in [0.2, 0.25) is 5.91 Å². The van der Waals surface area contributed by atoms with Crippen LogP contribution in [0, 0.1) is 13.8 Å². The van der Waals surface area contributed by atoms with Crippen molar-refractivity contribution in [3.05, 3.63) is 59.2 Å². The molecule has 0 aromatic heterocycles. The molecule has 0 saturated carbocycles.